The number of nitrogen functional groups attached to an aromatic ring is 1. The molecule has 0 unspecified atom stereocenters. The Hall–Kier alpha value is -6.38. The minimum atomic E-state index is -0.606. The smallest absolute Gasteiger partial charge is 0.302 e. The average Bonchev–Trinajstić information content (AvgIpc) is 4.08. The molecule has 2 fully saturated rings. The van der Waals surface area contributed by atoms with Gasteiger partial charge in [-0.3, -0.25) is 4.79 Å². The molecule has 0 saturated heterocycles. The summed E-state index contributed by atoms with van der Waals surface area (Å²) >= 11 is 0. The van der Waals surface area contributed by atoms with E-state index in [0.717, 1.165) is 94.6 Å². The third-order valence-electron chi connectivity index (χ3n) is 15.2. The van der Waals surface area contributed by atoms with E-state index in [2.05, 4.69) is 71.9 Å². The number of para-hydroxylation sites is 1. The summed E-state index contributed by atoms with van der Waals surface area (Å²) in [4.78, 5) is 17.5. The largest absolute Gasteiger partial charge is 0.508 e. The highest BCUT2D eigenvalue weighted by molar-refractivity contribution is 5.84. The molecular formula is C56H62N4O7. The van der Waals surface area contributed by atoms with Gasteiger partial charge in [0.15, 0.2) is 11.5 Å². The number of fused-ring (bicyclic) bond motifs is 7. The molecule has 5 aliphatic rings. The molecule has 4 bridgehead atoms. The van der Waals surface area contributed by atoms with Crippen LogP contribution in [0.2, 0.25) is 0 Å². The summed E-state index contributed by atoms with van der Waals surface area (Å²) in [5.74, 6) is 8.88. The molecule has 1 spiro atoms. The second kappa shape index (κ2) is 18.7. The van der Waals surface area contributed by atoms with E-state index in [-0.39, 0.29) is 53.7 Å². The molecule has 3 heterocycles. The number of benzene rings is 4. The number of aromatic hydroxyl groups is 2. The summed E-state index contributed by atoms with van der Waals surface area (Å²) in [5, 5.41) is 29.9. The summed E-state index contributed by atoms with van der Waals surface area (Å²) < 4.78 is 25.7. The maximum atomic E-state index is 12.6. The molecule has 10 rings (SSSR count). The van der Waals surface area contributed by atoms with Crippen molar-refractivity contribution in [1.82, 2.24) is 10.3 Å². The molecule has 11 heteroatoms. The number of pyridine rings is 1. The third-order valence-corrected chi connectivity index (χ3v) is 15.2. The first-order chi connectivity index (χ1) is 32.6. The van der Waals surface area contributed by atoms with Crippen molar-refractivity contribution in [2.75, 3.05) is 44.5 Å². The lowest BCUT2D eigenvalue weighted by molar-refractivity contribution is -0.141. The Morgan fingerprint density at radius 2 is 1.81 bits per heavy atom. The molecule has 2 aliphatic heterocycles. The molecule has 5 atom stereocenters. The number of carbonyl (C=O) groups is 1. The van der Waals surface area contributed by atoms with Crippen LogP contribution in [-0.4, -0.2) is 60.6 Å². The van der Waals surface area contributed by atoms with Crippen molar-refractivity contribution in [2.45, 2.75) is 114 Å². The van der Waals surface area contributed by atoms with Crippen LogP contribution in [0.3, 0.4) is 0 Å². The summed E-state index contributed by atoms with van der Waals surface area (Å²) in [6.45, 7) is 5.52. The van der Waals surface area contributed by atoms with Crippen LogP contribution in [0.15, 0.2) is 72.8 Å². The molecule has 3 aliphatic carbocycles. The highest BCUT2D eigenvalue weighted by atomic mass is 16.5. The normalized spacial score (nSPS) is 22.2. The number of hydrogen-bond acceptors (Lipinski definition) is 11. The summed E-state index contributed by atoms with van der Waals surface area (Å²) in [6, 6.07) is 24.7. The van der Waals surface area contributed by atoms with Crippen molar-refractivity contribution < 1.29 is 34.0 Å². The lowest BCUT2D eigenvalue weighted by Gasteiger charge is -2.39. The summed E-state index contributed by atoms with van der Waals surface area (Å²) in [5.41, 5.74) is 16.9. The van der Waals surface area contributed by atoms with E-state index in [1.165, 1.54) is 38.2 Å². The van der Waals surface area contributed by atoms with Crippen LogP contribution in [0.1, 0.15) is 128 Å². The highest BCUT2D eigenvalue weighted by Crippen LogP contribution is 2.63. The van der Waals surface area contributed by atoms with Gasteiger partial charge in [-0.2, -0.15) is 0 Å². The van der Waals surface area contributed by atoms with E-state index in [9.17, 15) is 15.0 Å². The zero-order chi connectivity index (χ0) is 46.2. The van der Waals surface area contributed by atoms with Crippen molar-refractivity contribution in [3.63, 3.8) is 0 Å². The average molecular weight is 903 g/mol. The molecule has 6 N–H and O–H groups in total. The molecule has 2 saturated carbocycles. The van der Waals surface area contributed by atoms with Gasteiger partial charge in [-0.25, -0.2) is 4.98 Å². The maximum absolute atomic E-state index is 12.6. The molecule has 348 valence electrons. The first-order valence-corrected chi connectivity index (χ1v) is 24.3. The van der Waals surface area contributed by atoms with Gasteiger partial charge < -0.3 is 45.5 Å². The lowest BCUT2D eigenvalue weighted by Crippen LogP contribution is -2.31. The standard InChI is InChI=1S/C56H62N4O7/c1-4-58-46-14-8-5-10-34(46)16-17-40-36-22-23-56(30-36)31-37-26-39(62)28-50(64-3)52(37)43-19-18-42-45(32-66-33(2)61)54(67-55(42)53(43)56)44-29-49(65-25-24-59-38-12-6-7-13-38)48(63)27-35(44)11-9-15-47-41(40)20-21-51(57)60-47/h5,8,10,14,18-21,26-29,36,38,40,45,54,58-59,62-63H,4,6-7,11-13,16-17,22-25,30-32H2,1-3H3,(H2,57,60)/t36-,40-,45+,54-,56+/m1/s1. The third kappa shape index (κ3) is 8.61. The van der Waals surface area contributed by atoms with Crippen molar-refractivity contribution in [2.24, 2.45) is 5.92 Å². The fraction of sp³-hybridized carbons (Fsp3) is 0.429. The van der Waals surface area contributed by atoms with E-state index < -0.39 is 6.10 Å². The number of phenols is 2. The van der Waals surface area contributed by atoms with E-state index in [0.29, 0.717) is 48.6 Å². The van der Waals surface area contributed by atoms with E-state index >= 15 is 0 Å². The number of aryl methyl sites for hydroxylation is 1. The van der Waals surface area contributed by atoms with Crippen LogP contribution in [0.5, 0.6) is 28.7 Å². The van der Waals surface area contributed by atoms with Gasteiger partial charge >= 0.3 is 5.97 Å². The number of nitrogens with zero attached hydrogens (tertiary/aromatic N) is 1. The fourth-order valence-corrected chi connectivity index (χ4v) is 12.3. The number of nitrogens with one attached hydrogen (secondary N) is 2. The van der Waals surface area contributed by atoms with Gasteiger partial charge in [-0.15, -0.1) is 0 Å². The number of carbonyl (C=O) groups excluding carboxylic acids is 1. The predicted molar refractivity (Wildman–Crippen MR) is 260 cm³/mol. The van der Waals surface area contributed by atoms with Gasteiger partial charge in [0.25, 0.3) is 0 Å². The molecule has 4 aromatic carbocycles. The number of hydrogen-bond donors (Lipinski definition) is 5. The Morgan fingerprint density at radius 3 is 2.63 bits per heavy atom. The number of anilines is 2. The summed E-state index contributed by atoms with van der Waals surface area (Å²) in [7, 11) is 1.65. The van der Waals surface area contributed by atoms with Crippen LogP contribution in [0.4, 0.5) is 11.5 Å². The minimum absolute atomic E-state index is 0.0210. The lowest BCUT2D eigenvalue weighted by atomic mass is 9.64. The number of esters is 1. The van der Waals surface area contributed by atoms with Crippen molar-refractivity contribution >= 4 is 17.5 Å². The van der Waals surface area contributed by atoms with E-state index in [1.807, 2.05) is 18.2 Å². The second-order valence-electron chi connectivity index (χ2n) is 19.3. The topological polar surface area (TPSA) is 157 Å². The Bertz CT molecular complexity index is 2750. The second-order valence-corrected chi connectivity index (χ2v) is 19.3. The Balaban J connectivity index is 1.15. The monoisotopic (exact) mass is 902 g/mol. The minimum Gasteiger partial charge on any atom is -0.508 e. The maximum Gasteiger partial charge on any atom is 0.302 e. The number of phenolic OH excluding ortho intramolecular Hbond substituents is 2. The van der Waals surface area contributed by atoms with Crippen molar-refractivity contribution in [3.05, 3.63) is 117 Å². The van der Waals surface area contributed by atoms with Gasteiger partial charge in [-0.05, 0) is 134 Å². The van der Waals surface area contributed by atoms with Crippen molar-refractivity contribution in [1.29, 1.82) is 0 Å². The van der Waals surface area contributed by atoms with Crippen LogP contribution >= 0.6 is 0 Å². The molecule has 67 heavy (non-hydrogen) atoms. The van der Waals surface area contributed by atoms with Gasteiger partial charge in [0.2, 0.25) is 0 Å². The first kappa shape index (κ1) is 44.5. The number of ether oxygens (including phenoxy) is 4. The quantitative estimate of drug-likeness (QED) is 0.0435. The zero-order valence-electron chi connectivity index (χ0n) is 38.9. The Morgan fingerprint density at radius 1 is 0.970 bits per heavy atom. The molecule has 1 aromatic heterocycles. The molecule has 0 radical (unpaired) electrons. The number of methoxy groups -OCH3 is 1. The Kier molecular flexibility index (Phi) is 12.4. The summed E-state index contributed by atoms with van der Waals surface area (Å²) in [6.07, 6.45) is 9.56. The van der Waals surface area contributed by atoms with Crippen LogP contribution < -0.4 is 30.6 Å². The molecule has 11 nitrogen and oxygen atoms in total. The SMILES string of the molecule is CCNc1ccccc1CC[C@H]1c2ccc(N)nc2C#CCc2cc(O)c(OCCNC3CCCC3)cc2[C@H]2Oc3c(ccc4c3[C@]3(CC[C@@H]1C3)Cc1cc(O)cc(OC)c1-4)[C@@H]2COC(C)=O. The van der Waals surface area contributed by atoms with E-state index in [1.54, 1.807) is 19.2 Å². The van der Waals surface area contributed by atoms with Gasteiger partial charge in [0.05, 0.1) is 13.0 Å². The zero-order valence-corrected chi connectivity index (χ0v) is 38.9. The first-order valence-electron chi connectivity index (χ1n) is 24.3. The highest BCUT2D eigenvalue weighted by Gasteiger charge is 2.52. The Labute approximate surface area is 393 Å². The molecular weight excluding hydrogens is 841 g/mol. The number of rotatable bonds is 13. The van der Waals surface area contributed by atoms with E-state index in [4.69, 9.17) is 29.7 Å². The number of aromatic nitrogens is 1. The van der Waals surface area contributed by atoms with Gasteiger partial charge in [0, 0.05) is 71.9 Å². The molecule has 5 aromatic rings. The number of nitrogens with two attached hydrogens (primary N) is 1. The predicted octanol–water partition coefficient (Wildman–Crippen LogP) is 9.79. The van der Waals surface area contributed by atoms with Gasteiger partial charge in [0.1, 0.15) is 48.1 Å². The van der Waals surface area contributed by atoms with Crippen LogP contribution in [0, 0.1) is 17.8 Å². The molecule has 0 amide bonds. The van der Waals surface area contributed by atoms with Crippen LogP contribution in [-0.2, 0) is 34.2 Å². The van der Waals surface area contributed by atoms with Crippen molar-refractivity contribution in [3.8, 4) is 51.7 Å². The fourth-order valence-electron chi connectivity index (χ4n) is 12.3. The van der Waals surface area contributed by atoms with Gasteiger partial charge in [-0.1, -0.05) is 55.2 Å². The van der Waals surface area contributed by atoms with Crippen LogP contribution in [0.25, 0.3) is 11.1 Å².